The van der Waals surface area contributed by atoms with Crippen molar-refractivity contribution in [1.29, 1.82) is 0 Å². The Morgan fingerprint density at radius 1 is 0.971 bits per heavy atom. The van der Waals surface area contributed by atoms with E-state index in [9.17, 15) is 5.11 Å². The molecule has 0 amide bonds. The van der Waals surface area contributed by atoms with Crippen LogP contribution in [0.2, 0.25) is 0 Å². The zero-order chi connectivity index (χ0) is 24.6. The second-order valence-corrected chi connectivity index (χ2v) is 9.06. The van der Waals surface area contributed by atoms with Gasteiger partial charge in [0.1, 0.15) is 24.0 Å². The number of carboxylic acids is 1. The molecule has 0 radical (unpaired) electrons. The minimum Gasteiger partial charge on any atom is -0.481 e. The van der Waals surface area contributed by atoms with Crippen LogP contribution in [-0.4, -0.2) is 43.7 Å². The maximum Gasteiger partial charge on any atom is 0.300 e. The fourth-order valence-corrected chi connectivity index (χ4v) is 4.65. The lowest BCUT2D eigenvalue weighted by molar-refractivity contribution is -0.134. The number of rotatable bonds is 7. The number of para-hydroxylation sites is 2. The number of piperidine rings is 1. The molecule has 0 unspecified atom stereocenters. The van der Waals surface area contributed by atoms with Crippen LogP contribution >= 0.6 is 0 Å². The van der Waals surface area contributed by atoms with E-state index in [-0.39, 0.29) is 6.61 Å². The highest BCUT2D eigenvalue weighted by Gasteiger charge is 2.22. The lowest BCUT2D eigenvalue weighted by atomic mass is 9.93. The number of benzene rings is 2. The van der Waals surface area contributed by atoms with Crippen molar-refractivity contribution in [2.75, 3.05) is 13.1 Å². The Hall–Kier alpha value is -3.42. The first kappa shape index (κ1) is 24.7. The van der Waals surface area contributed by atoms with E-state index in [2.05, 4.69) is 58.0 Å². The highest BCUT2D eigenvalue weighted by molar-refractivity contribution is 5.76. The standard InChI is InChI=1S/C26H29N3O2.C2H4O2/c30-19-23-11-10-22(31-23)18-29-25-9-5-4-8-24(25)27-26(29)16-20-12-14-28(15-13-20)17-21-6-2-1-3-7-21;1-2(3)4/h1-11,20,30H,12-19H2;1H3,(H,3,4). The zero-order valence-corrected chi connectivity index (χ0v) is 20.1. The van der Waals surface area contributed by atoms with Crippen molar-refractivity contribution in [3.05, 3.63) is 89.6 Å². The van der Waals surface area contributed by atoms with Crippen molar-refractivity contribution >= 4 is 17.0 Å². The third-order valence-electron chi connectivity index (χ3n) is 6.35. The molecule has 35 heavy (non-hydrogen) atoms. The number of nitrogens with zero attached hydrogens (tertiary/aromatic N) is 3. The Kier molecular flexibility index (Phi) is 8.34. The van der Waals surface area contributed by atoms with E-state index in [1.165, 1.54) is 18.4 Å². The van der Waals surface area contributed by atoms with Crippen LogP contribution in [0.4, 0.5) is 0 Å². The first-order valence-electron chi connectivity index (χ1n) is 12.1. The smallest absolute Gasteiger partial charge is 0.300 e. The normalized spacial score (nSPS) is 14.6. The fraction of sp³-hybridized carbons (Fsp3) is 0.357. The molecule has 1 aliphatic rings. The molecule has 2 N–H and O–H groups in total. The summed E-state index contributed by atoms with van der Waals surface area (Å²) in [6, 6.07) is 22.9. The van der Waals surface area contributed by atoms with Crippen molar-refractivity contribution in [3.8, 4) is 0 Å². The summed E-state index contributed by atoms with van der Waals surface area (Å²) in [7, 11) is 0. The van der Waals surface area contributed by atoms with Crippen molar-refractivity contribution < 1.29 is 19.4 Å². The van der Waals surface area contributed by atoms with E-state index < -0.39 is 5.97 Å². The number of furan rings is 1. The van der Waals surface area contributed by atoms with E-state index in [1.807, 2.05) is 18.2 Å². The van der Waals surface area contributed by atoms with Gasteiger partial charge in [0.25, 0.3) is 5.97 Å². The van der Waals surface area contributed by atoms with E-state index in [1.54, 1.807) is 0 Å². The molecule has 0 saturated carbocycles. The van der Waals surface area contributed by atoms with Crippen molar-refractivity contribution in [2.45, 2.75) is 45.9 Å². The van der Waals surface area contributed by atoms with Crippen molar-refractivity contribution in [2.24, 2.45) is 5.92 Å². The number of aliphatic carboxylic acids is 1. The molecular weight excluding hydrogens is 442 g/mol. The summed E-state index contributed by atoms with van der Waals surface area (Å²) < 4.78 is 8.05. The lowest BCUT2D eigenvalue weighted by Crippen LogP contribution is -2.34. The maximum atomic E-state index is 9.32. The number of aliphatic hydroxyl groups excluding tert-OH is 1. The topological polar surface area (TPSA) is 91.7 Å². The Bertz CT molecular complexity index is 1220. The Morgan fingerprint density at radius 2 is 1.63 bits per heavy atom. The lowest BCUT2D eigenvalue weighted by Gasteiger charge is -2.32. The zero-order valence-electron chi connectivity index (χ0n) is 20.1. The number of aromatic nitrogens is 2. The van der Waals surface area contributed by atoms with E-state index in [0.717, 1.165) is 55.6 Å². The summed E-state index contributed by atoms with van der Waals surface area (Å²) in [6.07, 6.45) is 3.39. The van der Waals surface area contributed by atoms with E-state index >= 15 is 0 Å². The molecule has 0 atom stereocenters. The van der Waals surface area contributed by atoms with Gasteiger partial charge in [0.2, 0.25) is 0 Å². The summed E-state index contributed by atoms with van der Waals surface area (Å²) in [5.41, 5.74) is 3.57. The van der Waals surface area contributed by atoms with Crippen LogP contribution < -0.4 is 0 Å². The minimum absolute atomic E-state index is 0.0703. The Balaban J connectivity index is 0.000000672. The average molecular weight is 476 g/mol. The third kappa shape index (κ3) is 6.81. The SMILES string of the molecule is CC(=O)O.OCc1ccc(Cn2c(CC3CCN(Cc4ccccc4)CC3)nc3ccccc32)o1. The van der Waals surface area contributed by atoms with Gasteiger partial charge in [-0.1, -0.05) is 42.5 Å². The molecule has 3 heterocycles. The van der Waals surface area contributed by atoms with Gasteiger partial charge in [-0.2, -0.15) is 0 Å². The fourth-order valence-electron chi connectivity index (χ4n) is 4.65. The van der Waals surface area contributed by atoms with Gasteiger partial charge in [-0.25, -0.2) is 4.98 Å². The van der Waals surface area contributed by atoms with Crippen LogP contribution in [-0.2, 0) is 30.9 Å². The third-order valence-corrected chi connectivity index (χ3v) is 6.35. The number of hydrogen-bond donors (Lipinski definition) is 2. The number of hydrogen-bond acceptors (Lipinski definition) is 5. The van der Waals surface area contributed by atoms with Gasteiger partial charge in [-0.05, 0) is 61.7 Å². The number of likely N-dealkylation sites (tertiary alicyclic amines) is 1. The summed E-state index contributed by atoms with van der Waals surface area (Å²) in [5, 5.41) is 16.7. The molecule has 7 nitrogen and oxygen atoms in total. The first-order chi connectivity index (χ1) is 17.0. The van der Waals surface area contributed by atoms with Gasteiger partial charge in [0.15, 0.2) is 0 Å². The predicted molar refractivity (Wildman–Crippen MR) is 135 cm³/mol. The van der Waals surface area contributed by atoms with Gasteiger partial charge in [0, 0.05) is 19.9 Å². The molecule has 1 fully saturated rings. The number of carbonyl (C=O) groups is 1. The van der Waals surface area contributed by atoms with E-state index in [0.29, 0.717) is 18.2 Å². The van der Waals surface area contributed by atoms with E-state index in [4.69, 9.17) is 19.3 Å². The molecule has 7 heteroatoms. The average Bonchev–Trinajstić information content (AvgIpc) is 3.45. The summed E-state index contributed by atoms with van der Waals surface area (Å²) in [6.45, 7) is 4.97. The highest BCUT2D eigenvalue weighted by Crippen LogP contribution is 2.26. The quantitative estimate of drug-likeness (QED) is 0.402. The summed E-state index contributed by atoms with van der Waals surface area (Å²) in [5.74, 6) is 2.40. The number of imidazole rings is 1. The van der Waals surface area contributed by atoms with Gasteiger partial charge < -0.3 is 19.2 Å². The molecule has 1 saturated heterocycles. The Morgan fingerprint density at radius 3 is 2.31 bits per heavy atom. The second-order valence-electron chi connectivity index (χ2n) is 9.06. The van der Waals surface area contributed by atoms with Crippen LogP contribution in [0.15, 0.2) is 71.1 Å². The molecule has 2 aromatic heterocycles. The van der Waals surface area contributed by atoms with Gasteiger partial charge in [-0.15, -0.1) is 0 Å². The van der Waals surface area contributed by atoms with Crippen LogP contribution in [0.3, 0.4) is 0 Å². The number of aliphatic hydroxyl groups is 1. The minimum atomic E-state index is -0.833. The summed E-state index contributed by atoms with van der Waals surface area (Å²) >= 11 is 0. The van der Waals surface area contributed by atoms with Crippen molar-refractivity contribution in [1.82, 2.24) is 14.5 Å². The molecule has 5 rings (SSSR count). The maximum absolute atomic E-state index is 9.32. The van der Waals surface area contributed by atoms with Crippen LogP contribution in [0.1, 0.15) is 42.7 Å². The van der Waals surface area contributed by atoms with Crippen LogP contribution in [0.25, 0.3) is 11.0 Å². The van der Waals surface area contributed by atoms with Gasteiger partial charge in [-0.3, -0.25) is 9.69 Å². The van der Waals surface area contributed by atoms with Crippen molar-refractivity contribution in [3.63, 3.8) is 0 Å². The molecule has 184 valence electrons. The number of carboxylic acid groups (broad SMARTS) is 1. The molecule has 0 spiro atoms. The largest absolute Gasteiger partial charge is 0.481 e. The monoisotopic (exact) mass is 475 g/mol. The van der Waals surface area contributed by atoms with Crippen LogP contribution in [0.5, 0.6) is 0 Å². The first-order valence-corrected chi connectivity index (χ1v) is 12.1. The second kappa shape index (κ2) is 11.8. The molecule has 1 aliphatic heterocycles. The van der Waals surface area contributed by atoms with Crippen LogP contribution in [0, 0.1) is 5.92 Å². The number of fused-ring (bicyclic) bond motifs is 1. The highest BCUT2D eigenvalue weighted by atomic mass is 16.4. The molecule has 0 bridgehead atoms. The molecule has 0 aliphatic carbocycles. The predicted octanol–water partition coefficient (Wildman–Crippen LogP) is 4.72. The summed E-state index contributed by atoms with van der Waals surface area (Å²) in [4.78, 5) is 16.5. The molecule has 2 aromatic carbocycles. The Labute approximate surface area is 205 Å². The molecule has 4 aromatic rings. The van der Waals surface area contributed by atoms with Gasteiger partial charge >= 0.3 is 0 Å². The molecular formula is C28H33N3O4. The van der Waals surface area contributed by atoms with Gasteiger partial charge in [0.05, 0.1) is 17.6 Å².